The Labute approximate surface area is 221 Å². The first kappa shape index (κ1) is 30.4. The fourth-order valence-electron chi connectivity index (χ4n) is 4.60. The summed E-state index contributed by atoms with van der Waals surface area (Å²) >= 11 is 0. The third-order valence-corrected chi connectivity index (χ3v) is 6.92. The van der Waals surface area contributed by atoms with Crippen molar-refractivity contribution in [1.82, 2.24) is 0 Å². The van der Waals surface area contributed by atoms with Crippen molar-refractivity contribution in [2.75, 3.05) is 6.61 Å². The molecule has 2 aromatic carbocycles. The van der Waals surface area contributed by atoms with Gasteiger partial charge in [0.2, 0.25) is 0 Å². The summed E-state index contributed by atoms with van der Waals surface area (Å²) < 4.78 is 5.74. The first-order chi connectivity index (χ1) is 17.9. The molecule has 0 aromatic heterocycles. The summed E-state index contributed by atoms with van der Waals surface area (Å²) in [6, 6.07) is 9.77. The van der Waals surface area contributed by atoms with Crippen molar-refractivity contribution < 1.29 is 14.6 Å². The van der Waals surface area contributed by atoms with Crippen LogP contribution in [0.1, 0.15) is 108 Å². The zero-order valence-corrected chi connectivity index (χ0v) is 22.7. The minimum atomic E-state index is -0.438. The second kappa shape index (κ2) is 17.6. The molecule has 0 amide bonds. The largest absolute Gasteiger partial charge is 0.377 e. The Hall–Kier alpha value is -2.80. The lowest BCUT2D eigenvalue weighted by Gasteiger charge is -2.08. The van der Waals surface area contributed by atoms with Gasteiger partial charge in [-0.3, -0.25) is 20.2 Å². The molecule has 0 bridgehead atoms. The number of ether oxygens (including phenoxy) is 1. The van der Waals surface area contributed by atoms with E-state index in [1.54, 1.807) is 31.2 Å². The van der Waals surface area contributed by atoms with Crippen LogP contribution in [-0.4, -0.2) is 16.5 Å². The summed E-state index contributed by atoms with van der Waals surface area (Å²) in [5.41, 5.74) is 2.20. The van der Waals surface area contributed by atoms with Crippen molar-refractivity contribution in [3.8, 4) is 11.1 Å². The van der Waals surface area contributed by atoms with Gasteiger partial charge < -0.3 is 4.74 Å². The molecule has 0 saturated carbocycles. The maximum absolute atomic E-state index is 11.6. The fraction of sp³-hybridized carbons (Fsp3) is 0.600. The SMILES string of the molecule is CCCCCCCCCCCCCCCCOCc1ccc(-c2ccc(C)c([N+](=O)[O-])c2)cc1[N+](=O)[O-]. The van der Waals surface area contributed by atoms with Crippen LogP contribution in [0, 0.1) is 27.2 Å². The van der Waals surface area contributed by atoms with Gasteiger partial charge in [0.05, 0.1) is 22.0 Å². The topological polar surface area (TPSA) is 95.5 Å². The standard InChI is InChI=1S/C30H44N2O5/c1-3-4-5-6-7-8-9-10-11-12-13-14-15-16-21-37-24-28-20-19-27(23-30(28)32(35)36)26-18-17-25(2)29(22-26)31(33)34/h17-20,22-23H,3-16,21,24H2,1-2H3. The van der Waals surface area contributed by atoms with E-state index in [4.69, 9.17) is 4.74 Å². The summed E-state index contributed by atoms with van der Waals surface area (Å²) in [6.45, 7) is 4.70. The van der Waals surface area contributed by atoms with Gasteiger partial charge >= 0.3 is 0 Å². The van der Waals surface area contributed by atoms with Crippen molar-refractivity contribution in [3.05, 3.63) is 67.8 Å². The molecule has 0 saturated heterocycles. The Kier molecular flexibility index (Phi) is 14.5. The van der Waals surface area contributed by atoms with Crippen molar-refractivity contribution in [2.45, 2.75) is 110 Å². The van der Waals surface area contributed by atoms with Gasteiger partial charge in [-0.15, -0.1) is 0 Å². The van der Waals surface area contributed by atoms with Crippen molar-refractivity contribution in [2.24, 2.45) is 0 Å². The van der Waals surface area contributed by atoms with E-state index in [0.29, 0.717) is 28.9 Å². The molecular formula is C30H44N2O5. The van der Waals surface area contributed by atoms with Gasteiger partial charge in [0, 0.05) is 24.3 Å². The monoisotopic (exact) mass is 512 g/mol. The number of benzene rings is 2. The molecule has 0 heterocycles. The molecule has 0 aliphatic carbocycles. The van der Waals surface area contributed by atoms with Crippen LogP contribution in [0.25, 0.3) is 11.1 Å². The summed E-state index contributed by atoms with van der Waals surface area (Å²) in [5, 5.41) is 22.9. The average Bonchev–Trinajstić information content (AvgIpc) is 2.88. The fourth-order valence-corrected chi connectivity index (χ4v) is 4.60. The lowest BCUT2D eigenvalue weighted by molar-refractivity contribution is -0.386. The molecule has 0 fully saturated rings. The Morgan fingerprint density at radius 1 is 0.649 bits per heavy atom. The number of nitrogens with zero attached hydrogens (tertiary/aromatic N) is 2. The highest BCUT2D eigenvalue weighted by Gasteiger charge is 2.17. The predicted octanol–water partition coefficient (Wildman–Crippen LogP) is 9.48. The molecule has 0 N–H and O–H groups in total. The van der Waals surface area contributed by atoms with E-state index in [0.717, 1.165) is 12.8 Å². The Bertz CT molecular complexity index is 976. The van der Waals surface area contributed by atoms with E-state index in [-0.39, 0.29) is 18.0 Å². The Morgan fingerprint density at radius 2 is 1.11 bits per heavy atom. The zero-order valence-electron chi connectivity index (χ0n) is 22.7. The Morgan fingerprint density at radius 3 is 1.62 bits per heavy atom. The first-order valence-corrected chi connectivity index (χ1v) is 14.0. The molecule has 7 heteroatoms. The maximum atomic E-state index is 11.6. The van der Waals surface area contributed by atoms with Gasteiger partial charge in [-0.2, -0.15) is 0 Å². The van der Waals surface area contributed by atoms with Crippen LogP contribution >= 0.6 is 0 Å². The molecule has 2 rings (SSSR count). The van der Waals surface area contributed by atoms with E-state index >= 15 is 0 Å². The number of nitro groups is 2. The van der Waals surface area contributed by atoms with Crippen molar-refractivity contribution >= 4 is 11.4 Å². The summed E-state index contributed by atoms with van der Waals surface area (Å²) in [5.74, 6) is 0. The van der Waals surface area contributed by atoms with Crippen LogP contribution < -0.4 is 0 Å². The minimum Gasteiger partial charge on any atom is -0.377 e. The highest BCUT2D eigenvalue weighted by molar-refractivity contribution is 5.70. The van der Waals surface area contributed by atoms with Gasteiger partial charge in [-0.1, -0.05) is 109 Å². The molecule has 0 unspecified atom stereocenters. The molecule has 7 nitrogen and oxygen atoms in total. The Balaban J connectivity index is 1.65. The van der Waals surface area contributed by atoms with Crippen LogP contribution in [-0.2, 0) is 11.3 Å². The van der Waals surface area contributed by atoms with E-state index in [1.807, 2.05) is 0 Å². The lowest BCUT2D eigenvalue weighted by atomic mass is 10.0. The van der Waals surface area contributed by atoms with Crippen LogP contribution in [0.4, 0.5) is 11.4 Å². The van der Waals surface area contributed by atoms with E-state index in [9.17, 15) is 20.2 Å². The summed E-state index contributed by atoms with van der Waals surface area (Å²) in [6.07, 6.45) is 18.2. The number of hydrogen-bond donors (Lipinski definition) is 0. The van der Waals surface area contributed by atoms with Gasteiger partial charge in [-0.05, 0) is 30.5 Å². The first-order valence-electron chi connectivity index (χ1n) is 14.0. The number of hydrogen-bond acceptors (Lipinski definition) is 5. The highest BCUT2D eigenvalue weighted by Crippen LogP contribution is 2.31. The smallest absolute Gasteiger partial charge is 0.275 e. The molecule has 0 atom stereocenters. The van der Waals surface area contributed by atoms with Gasteiger partial charge in [0.1, 0.15) is 0 Å². The molecule has 0 spiro atoms. The quantitative estimate of drug-likeness (QED) is 0.0999. The second-order valence-electron chi connectivity index (χ2n) is 10.0. The minimum absolute atomic E-state index is 0.000675. The van der Waals surface area contributed by atoms with Crippen LogP contribution in [0.15, 0.2) is 36.4 Å². The normalized spacial score (nSPS) is 11.1. The lowest BCUT2D eigenvalue weighted by Crippen LogP contribution is -2.01. The predicted molar refractivity (Wildman–Crippen MR) is 150 cm³/mol. The molecule has 204 valence electrons. The van der Waals surface area contributed by atoms with Crippen LogP contribution in [0.3, 0.4) is 0 Å². The zero-order chi connectivity index (χ0) is 26.9. The van der Waals surface area contributed by atoms with Gasteiger partial charge in [0.15, 0.2) is 0 Å². The molecule has 0 aliphatic heterocycles. The van der Waals surface area contributed by atoms with Crippen LogP contribution in [0.2, 0.25) is 0 Å². The van der Waals surface area contributed by atoms with E-state index in [1.165, 1.54) is 89.2 Å². The molecule has 37 heavy (non-hydrogen) atoms. The van der Waals surface area contributed by atoms with Crippen molar-refractivity contribution in [1.29, 1.82) is 0 Å². The van der Waals surface area contributed by atoms with E-state index < -0.39 is 9.85 Å². The summed E-state index contributed by atoms with van der Waals surface area (Å²) in [7, 11) is 0. The third kappa shape index (κ3) is 11.4. The third-order valence-electron chi connectivity index (χ3n) is 6.92. The van der Waals surface area contributed by atoms with Gasteiger partial charge in [0.25, 0.3) is 11.4 Å². The van der Waals surface area contributed by atoms with Crippen molar-refractivity contribution in [3.63, 3.8) is 0 Å². The van der Waals surface area contributed by atoms with Gasteiger partial charge in [-0.25, -0.2) is 0 Å². The van der Waals surface area contributed by atoms with E-state index in [2.05, 4.69) is 6.92 Å². The van der Waals surface area contributed by atoms with Crippen LogP contribution in [0.5, 0.6) is 0 Å². The molecule has 0 aliphatic rings. The number of nitro benzene ring substituents is 2. The molecule has 2 aromatic rings. The number of unbranched alkanes of at least 4 members (excludes halogenated alkanes) is 13. The number of aryl methyl sites for hydroxylation is 1. The maximum Gasteiger partial charge on any atom is 0.275 e. The number of rotatable bonds is 20. The second-order valence-corrected chi connectivity index (χ2v) is 10.0. The molecular weight excluding hydrogens is 468 g/mol. The molecule has 0 radical (unpaired) electrons. The highest BCUT2D eigenvalue weighted by atomic mass is 16.6. The average molecular weight is 513 g/mol. The summed E-state index contributed by atoms with van der Waals surface area (Å²) in [4.78, 5) is 22.0.